The molecule has 0 aromatic heterocycles. The third-order valence-corrected chi connectivity index (χ3v) is 3.60. The Balaban J connectivity index is 2.06. The molecule has 0 spiro atoms. The number of hydrogen-bond acceptors (Lipinski definition) is 2. The van der Waals surface area contributed by atoms with Crippen molar-refractivity contribution in [2.24, 2.45) is 5.92 Å². The Bertz CT molecular complexity index is 413. The van der Waals surface area contributed by atoms with Gasteiger partial charge in [0.25, 0.3) is 0 Å². The molecule has 1 aromatic rings. The van der Waals surface area contributed by atoms with E-state index in [1.165, 1.54) is 25.0 Å². The van der Waals surface area contributed by atoms with Crippen LogP contribution < -0.4 is 10.1 Å². The summed E-state index contributed by atoms with van der Waals surface area (Å²) in [6.45, 7) is 2.01. The summed E-state index contributed by atoms with van der Waals surface area (Å²) < 4.78 is 41.0. The Morgan fingerprint density at radius 3 is 2.47 bits per heavy atom. The van der Waals surface area contributed by atoms with E-state index in [4.69, 9.17) is 0 Å². The van der Waals surface area contributed by atoms with Gasteiger partial charge in [0.2, 0.25) is 0 Å². The molecular weight excluding hydrogens is 255 g/mol. The van der Waals surface area contributed by atoms with Gasteiger partial charge in [0.05, 0.1) is 5.69 Å². The SMILES string of the molecule is CC(Nc1ccccc1OC(F)(F)F)C1CCCC1. The van der Waals surface area contributed by atoms with E-state index in [1.54, 1.807) is 12.1 Å². The molecule has 106 valence electrons. The van der Waals surface area contributed by atoms with Crippen LogP contribution in [0.5, 0.6) is 5.75 Å². The van der Waals surface area contributed by atoms with E-state index in [-0.39, 0.29) is 11.8 Å². The zero-order valence-electron chi connectivity index (χ0n) is 10.8. The number of benzene rings is 1. The van der Waals surface area contributed by atoms with Crippen LogP contribution in [0.1, 0.15) is 32.6 Å². The van der Waals surface area contributed by atoms with Crippen LogP contribution in [0.4, 0.5) is 18.9 Å². The Morgan fingerprint density at radius 1 is 1.21 bits per heavy atom. The third-order valence-electron chi connectivity index (χ3n) is 3.60. The third kappa shape index (κ3) is 4.04. The maximum atomic E-state index is 12.3. The summed E-state index contributed by atoms with van der Waals surface area (Å²) in [7, 11) is 0. The number of rotatable bonds is 4. The average molecular weight is 273 g/mol. The van der Waals surface area contributed by atoms with Crippen molar-refractivity contribution in [1.29, 1.82) is 0 Å². The molecule has 5 heteroatoms. The Morgan fingerprint density at radius 2 is 1.84 bits per heavy atom. The molecule has 0 amide bonds. The lowest BCUT2D eigenvalue weighted by Gasteiger charge is -2.23. The molecule has 1 atom stereocenters. The molecule has 0 saturated heterocycles. The molecule has 1 unspecified atom stereocenters. The van der Waals surface area contributed by atoms with Gasteiger partial charge in [0.15, 0.2) is 5.75 Å². The quantitative estimate of drug-likeness (QED) is 0.867. The van der Waals surface area contributed by atoms with E-state index in [0.29, 0.717) is 11.6 Å². The molecular formula is C14H18F3NO. The van der Waals surface area contributed by atoms with Crippen LogP contribution in [0.3, 0.4) is 0 Å². The summed E-state index contributed by atoms with van der Waals surface area (Å²) >= 11 is 0. The van der Waals surface area contributed by atoms with Crippen LogP contribution >= 0.6 is 0 Å². The van der Waals surface area contributed by atoms with E-state index >= 15 is 0 Å². The number of anilines is 1. The molecule has 0 aliphatic heterocycles. The molecule has 1 fully saturated rings. The summed E-state index contributed by atoms with van der Waals surface area (Å²) in [6, 6.07) is 6.34. The van der Waals surface area contributed by atoms with E-state index in [9.17, 15) is 13.2 Å². The molecule has 2 nitrogen and oxygen atoms in total. The van der Waals surface area contributed by atoms with Gasteiger partial charge in [-0.1, -0.05) is 25.0 Å². The topological polar surface area (TPSA) is 21.3 Å². The highest BCUT2D eigenvalue weighted by atomic mass is 19.4. The van der Waals surface area contributed by atoms with Crippen molar-refractivity contribution in [3.05, 3.63) is 24.3 Å². The predicted molar refractivity (Wildman–Crippen MR) is 68.2 cm³/mol. The highest BCUT2D eigenvalue weighted by Gasteiger charge is 2.32. The Hall–Kier alpha value is -1.39. The van der Waals surface area contributed by atoms with Crippen molar-refractivity contribution in [3.8, 4) is 5.75 Å². The predicted octanol–water partition coefficient (Wildman–Crippen LogP) is 4.58. The van der Waals surface area contributed by atoms with Crippen LogP contribution in [0.25, 0.3) is 0 Å². The van der Waals surface area contributed by atoms with Crippen molar-refractivity contribution >= 4 is 5.69 Å². The monoisotopic (exact) mass is 273 g/mol. The molecule has 0 heterocycles. The lowest BCUT2D eigenvalue weighted by molar-refractivity contribution is -0.274. The lowest BCUT2D eigenvalue weighted by atomic mass is 9.99. The fourth-order valence-electron chi connectivity index (χ4n) is 2.62. The summed E-state index contributed by atoms with van der Waals surface area (Å²) in [5.41, 5.74) is 0.402. The van der Waals surface area contributed by atoms with Crippen molar-refractivity contribution in [2.75, 3.05) is 5.32 Å². The van der Waals surface area contributed by atoms with Gasteiger partial charge in [-0.15, -0.1) is 13.2 Å². The minimum atomic E-state index is -4.66. The van der Waals surface area contributed by atoms with E-state index in [0.717, 1.165) is 12.8 Å². The lowest BCUT2D eigenvalue weighted by Crippen LogP contribution is -2.25. The van der Waals surface area contributed by atoms with E-state index < -0.39 is 6.36 Å². The maximum absolute atomic E-state index is 12.3. The minimum absolute atomic E-state index is 0.153. The van der Waals surface area contributed by atoms with Crippen molar-refractivity contribution in [3.63, 3.8) is 0 Å². The van der Waals surface area contributed by atoms with Crippen LogP contribution in [0.2, 0.25) is 0 Å². The van der Waals surface area contributed by atoms with E-state index in [1.807, 2.05) is 6.92 Å². The van der Waals surface area contributed by atoms with Gasteiger partial charge in [0.1, 0.15) is 0 Å². The van der Waals surface area contributed by atoms with Gasteiger partial charge < -0.3 is 10.1 Å². The van der Waals surface area contributed by atoms with Gasteiger partial charge in [0, 0.05) is 6.04 Å². The summed E-state index contributed by atoms with van der Waals surface area (Å²) in [4.78, 5) is 0. The molecule has 2 rings (SSSR count). The van der Waals surface area contributed by atoms with Crippen LogP contribution in [-0.2, 0) is 0 Å². The van der Waals surface area contributed by atoms with Crippen molar-refractivity contribution in [1.82, 2.24) is 0 Å². The minimum Gasteiger partial charge on any atom is -0.404 e. The smallest absolute Gasteiger partial charge is 0.404 e. The maximum Gasteiger partial charge on any atom is 0.573 e. The normalized spacial score (nSPS) is 18.3. The number of halogens is 3. The second-order valence-corrected chi connectivity index (χ2v) is 5.02. The molecule has 1 saturated carbocycles. The van der Waals surface area contributed by atoms with Crippen molar-refractivity contribution < 1.29 is 17.9 Å². The number of alkyl halides is 3. The molecule has 19 heavy (non-hydrogen) atoms. The Labute approximate surface area is 111 Å². The Kier molecular flexibility index (Phi) is 4.22. The van der Waals surface area contributed by atoms with Crippen LogP contribution in [0, 0.1) is 5.92 Å². The summed E-state index contributed by atoms with van der Waals surface area (Å²) in [5, 5.41) is 3.15. The number of para-hydroxylation sites is 2. The number of nitrogens with one attached hydrogen (secondary N) is 1. The highest BCUT2D eigenvalue weighted by molar-refractivity contribution is 5.56. The van der Waals surface area contributed by atoms with Gasteiger partial charge in [-0.2, -0.15) is 0 Å². The van der Waals surface area contributed by atoms with Gasteiger partial charge in [-0.05, 0) is 37.8 Å². The fourth-order valence-corrected chi connectivity index (χ4v) is 2.62. The van der Waals surface area contributed by atoms with Crippen LogP contribution in [0.15, 0.2) is 24.3 Å². The standard InChI is InChI=1S/C14H18F3NO/c1-10(11-6-2-3-7-11)18-12-8-4-5-9-13(12)19-14(15,16)17/h4-5,8-11,18H,2-3,6-7H2,1H3. The number of ether oxygens (including phenoxy) is 1. The van der Waals surface area contributed by atoms with E-state index in [2.05, 4.69) is 10.1 Å². The first-order valence-electron chi connectivity index (χ1n) is 6.57. The molecule has 1 N–H and O–H groups in total. The molecule has 0 radical (unpaired) electrons. The molecule has 0 bridgehead atoms. The average Bonchev–Trinajstić information content (AvgIpc) is 2.83. The molecule has 1 aliphatic rings. The zero-order valence-corrected chi connectivity index (χ0v) is 10.8. The highest BCUT2D eigenvalue weighted by Crippen LogP contribution is 2.33. The first kappa shape index (κ1) is 14.0. The zero-order chi connectivity index (χ0) is 13.9. The fraction of sp³-hybridized carbons (Fsp3) is 0.571. The first-order valence-corrected chi connectivity index (χ1v) is 6.57. The molecule has 1 aliphatic carbocycles. The molecule has 1 aromatic carbocycles. The second kappa shape index (κ2) is 5.72. The van der Waals surface area contributed by atoms with Crippen molar-refractivity contribution in [2.45, 2.75) is 45.0 Å². The van der Waals surface area contributed by atoms with Gasteiger partial charge in [-0.3, -0.25) is 0 Å². The summed E-state index contributed by atoms with van der Waals surface area (Å²) in [5.74, 6) is 0.360. The number of hydrogen-bond donors (Lipinski definition) is 1. The van der Waals surface area contributed by atoms with Gasteiger partial charge in [-0.25, -0.2) is 0 Å². The van der Waals surface area contributed by atoms with Gasteiger partial charge >= 0.3 is 6.36 Å². The second-order valence-electron chi connectivity index (χ2n) is 5.02. The van der Waals surface area contributed by atoms with Crippen LogP contribution in [-0.4, -0.2) is 12.4 Å². The largest absolute Gasteiger partial charge is 0.573 e. The first-order chi connectivity index (χ1) is 8.96. The summed E-state index contributed by atoms with van der Waals surface area (Å²) in [6.07, 6.45) is 0.0239.